The summed E-state index contributed by atoms with van der Waals surface area (Å²) < 4.78 is 5.66. The molecular formula is C17H22N2O3. The molecule has 0 saturated carbocycles. The highest BCUT2D eigenvalue weighted by atomic mass is 16.5. The number of fused-ring (bicyclic) bond motifs is 1. The number of rotatable bonds is 1. The Bertz CT molecular complexity index is 592. The third-order valence-electron chi connectivity index (χ3n) is 4.44. The summed E-state index contributed by atoms with van der Waals surface area (Å²) in [7, 11) is 1.73. The summed E-state index contributed by atoms with van der Waals surface area (Å²) in [5, 5.41) is 0. The highest BCUT2D eigenvalue weighted by molar-refractivity contribution is 6.01. The van der Waals surface area contributed by atoms with Crippen molar-refractivity contribution in [1.29, 1.82) is 0 Å². The van der Waals surface area contributed by atoms with E-state index in [1.54, 1.807) is 37.1 Å². The number of benzene rings is 1. The van der Waals surface area contributed by atoms with E-state index in [0.717, 1.165) is 31.6 Å². The molecule has 22 heavy (non-hydrogen) atoms. The number of anilines is 1. The predicted molar refractivity (Wildman–Crippen MR) is 84.3 cm³/mol. The first-order chi connectivity index (χ1) is 10.6. The number of nitrogens with zero attached hydrogens (tertiary/aromatic N) is 2. The molecule has 0 aromatic heterocycles. The van der Waals surface area contributed by atoms with Crippen LogP contribution in [0.1, 0.15) is 43.0 Å². The Morgan fingerprint density at radius 1 is 1.18 bits per heavy atom. The second kappa shape index (κ2) is 5.99. The lowest BCUT2D eigenvalue weighted by Crippen LogP contribution is -2.42. The minimum Gasteiger partial charge on any atom is -0.479 e. The molecule has 1 atom stereocenters. The Hall–Kier alpha value is -2.04. The zero-order valence-electron chi connectivity index (χ0n) is 13.2. The van der Waals surface area contributed by atoms with E-state index >= 15 is 0 Å². The largest absolute Gasteiger partial charge is 0.479 e. The van der Waals surface area contributed by atoms with E-state index in [-0.39, 0.29) is 11.8 Å². The number of hydrogen-bond donors (Lipinski definition) is 0. The lowest BCUT2D eigenvalue weighted by Gasteiger charge is -2.30. The average Bonchev–Trinajstić information content (AvgIpc) is 2.80. The number of ether oxygens (including phenoxy) is 1. The molecule has 5 nitrogen and oxygen atoms in total. The number of likely N-dealkylation sites (tertiary alicyclic amines) is 1. The summed E-state index contributed by atoms with van der Waals surface area (Å²) in [6.45, 7) is 3.38. The van der Waals surface area contributed by atoms with Crippen LogP contribution >= 0.6 is 0 Å². The maximum atomic E-state index is 12.7. The number of likely N-dealkylation sites (N-methyl/N-ethyl adjacent to an activating group) is 1. The van der Waals surface area contributed by atoms with Gasteiger partial charge in [0.05, 0.1) is 5.69 Å². The van der Waals surface area contributed by atoms with Gasteiger partial charge in [-0.25, -0.2) is 0 Å². The van der Waals surface area contributed by atoms with Crippen LogP contribution in [0, 0.1) is 0 Å². The molecule has 2 amide bonds. The van der Waals surface area contributed by atoms with Crippen LogP contribution in [-0.2, 0) is 4.79 Å². The minimum atomic E-state index is -0.513. The van der Waals surface area contributed by atoms with Crippen molar-refractivity contribution in [2.45, 2.75) is 38.7 Å². The molecule has 0 spiro atoms. The van der Waals surface area contributed by atoms with Crippen LogP contribution in [0.15, 0.2) is 18.2 Å². The molecule has 1 aromatic carbocycles. The SMILES string of the molecule is CC1Oc2cc(C(=O)N3CCCCCC3)ccc2N(C)C1=O. The highest BCUT2D eigenvalue weighted by Crippen LogP contribution is 2.34. The lowest BCUT2D eigenvalue weighted by molar-refractivity contribution is -0.125. The van der Waals surface area contributed by atoms with E-state index < -0.39 is 6.10 Å². The van der Waals surface area contributed by atoms with Gasteiger partial charge in [-0.05, 0) is 38.0 Å². The molecule has 0 aliphatic carbocycles. The van der Waals surface area contributed by atoms with Gasteiger partial charge >= 0.3 is 0 Å². The fourth-order valence-electron chi connectivity index (χ4n) is 3.11. The van der Waals surface area contributed by atoms with E-state index in [4.69, 9.17) is 4.74 Å². The Morgan fingerprint density at radius 3 is 2.55 bits per heavy atom. The van der Waals surface area contributed by atoms with Crippen molar-refractivity contribution in [3.63, 3.8) is 0 Å². The van der Waals surface area contributed by atoms with Gasteiger partial charge in [-0.3, -0.25) is 9.59 Å². The van der Waals surface area contributed by atoms with Gasteiger partial charge in [0.2, 0.25) is 0 Å². The van der Waals surface area contributed by atoms with Crippen LogP contribution in [0.5, 0.6) is 5.75 Å². The number of carbonyl (C=O) groups excluding carboxylic acids is 2. The maximum absolute atomic E-state index is 12.7. The van der Waals surface area contributed by atoms with Gasteiger partial charge in [-0.15, -0.1) is 0 Å². The topological polar surface area (TPSA) is 49.9 Å². The zero-order valence-corrected chi connectivity index (χ0v) is 13.2. The van der Waals surface area contributed by atoms with Crippen molar-refractivity contribution in [2.24, 2.45) is 0 Å². The number of carbonyl (C=O) groups is 2. The van der Waals surface area contributed by atoms with Crippen LogP contribution in [0.2, 0.25) is 0 Å². The summed E-state index contributed by atoms with van der Waals surface area (Å²) >= 11 is 0. The highest BCUT2D eigenvalue weighted by Gasteiger charge is 2.30. The minimum absolute atomic E-state index is 0.0560. The van der Waals surface area contributed by atoms with Gasteiger partial charge in [-0.2, -0.15) is 0 Å². The lowest BCUT2D eigenvalue weighted by atomic mass is 10.1. The molecule has 2 aliphatic rings. The molecule has 2 heterocycles. The second-order valence-corrected chi connectivity index (χ2v) is 6.05. The third kappa shape index (κ3) is 2.67. The van der Waals surface area contributed by atoms with E-state index in [1.807, 2.05) is 4.90 Å². The van der Waals surface area contributed by atoms with Gasteiger partial charge in [0, 0.05) is 25.7 Å². The quantitative estimate of drug-likeness (QED) is 0.800. The van der Waals surface area contributed by atoms with E-state index in [1.165, 1.54) is 12.8 Å². The van der Waals surface area contributed by atoms with Crippen LogP contribution in [0.4, 0.5) is 5.69 Å². The Kier molecular flexibility index (Phi) is 4.05. The monoisotopic (exact) mass is 302 g/mol. The second-order valence-electron chi connectivity index (χ2n) is 6.05. The molecule has 0 bridgehead atoms. The first kappa shape index (κ1) is 14.9. The molecule has 1 aromatic rings. The van der Waals surface area contributed by atoms with Crippen LogP contribution in [0.25, 0.3) is 0 Å². The summed E-state index contributed by atoms with van der Waals surface area (Å²) in [6.07, 6.45) is 4.02. The third-order valence-corrected chi connectivity index (χ3v) is 4.44. The van der Waals surface area contributed by atoms with Crippen LogP contribution in [0.3, 0.4) is 0 Å². The summed E-state index contributed by atoms with van der Waals surface area (Å²) in [6, 6.07) is 5.35. The van der Waals surface area contributed by atoms with Crippen molar-refractivity contribution in [2.75, 3.05) is 25.0 Å². The van der Waals surface area contributed by atoms with Crippen molar-refractivity contribution in [1.82, 2.24) is 4.90 Å². The molecule has 0 N–H and O–H groups in total. The van der Waals surface area contributed by atoms with Crippen LogP contribution in [-0.4, -0.2) is 43.0 Å². The van der Waals surface area contributed by atoms with Crippen LogP contribution < -0.4 is 9.64 Å². The molecule has 0 radical (unpaired) electrons. The first-order valence-electron chi connectivity index (χ1n) is 7.95. The Balaban J connectivity index is 1.85. The molecule has 5 heteroatoms. The molecule has 1 fully saturated rings. The van der Waals surface area contributed by atoms with Gasteiger partial charge in [0.25, 0.3) is 11.8 Å². The summed E-state index contributed by atoms with van der Waals surface area (Å²) in [5.41, 5.74) is 1.35. The fourth-order valence-corrected chi connectivity index (χ4v) is 3.11. The molecule has 2 aliphatic heterocycles. The average molecular weight is 302 g/mol. The van der Waals surface area contributed by atoms with E-state index in [9.17, 15) is 9.59 Å². The fraction of sp³-hybridized carbons (Fsp3) is 0.529. The van der Waals surface area contributed by atoms with Gasteiger partial charge in [-0.1, -0.05) is 12.8 Å². The molecular weight excluding hydrogens is 280 g/mol. The zero-order chi connectivity index (χ0) is 15.7. The van der Waals surface area contributed by atoms with Gasteiger partial charge < -0.3 is 14.5 Å². The van der Waals surface area contributed by atoms with E-state index in [2.05, 4.69) is 0 Å². The first-order valence-corrected chi connectivity index (χ1v) is 7.95. The Morgan fingerprint density at radius 2 is 1.86 bits per heavy atom. The smallest absolute Gasteiger partial charge is 0.267 e. The standard InChI is InChI=1S/C17H22N2O3/c1-12-16(20)18(2)14-8-7-13(11-15(14)22-12)17(21)19-9-5-3-4-6-10-19/h7-8,11-12H,3-6,9-10H2,1-2H3. The van der Waals surface area contributed by atoms with Gasteiger partial charge in [0.1, 0.15) is 5.75 Å². The maximum Gasteiger partial charge on any atom is 0.267 e. The van der Waals surface area contributed by atoms with Crippen molar-refractivity contribution < 1.29 is 14.3 Å². The predicted octanol–water partition coefficient (Wildman–Crippen LogP) is 2.45. The summed E-state index contributed by atoms with van der Waals surface area (Å²) in [4.78, 5) is 28.1. The normalized spacial score (nSPS) is 21.9. The number of amides is 2. The number of hydrogen-bond acceptors (Lipinski definition) is 3. The van der Waals surface area contributed by atoms with Crippen molar-refractivity contribution >= 4 is 17.5 Å². The van der Waals surface area contributed by atoms with Crippen molar-refractivity contribution in [3.05, 3.63) is 23.8 Å². The van der Waals surface area contributed by atoms with Gasteiger partial charge in [0.15, 0.2) is 6.10 Å². The molecule has 1 unspecified atom stereocenters. The van der Waals surface area contributed by atoms with Crippen molar-refractivity contribution in [3.8, 4) is 5.75 Å². The molecule has 118 valence electrons. The Labute approximate surface area is 130 Å². The molecule has 3 rings (SSSR count). The summed E-state index contributed by atoms with van der Waals surface area (Å²) in [5.74, 6) is 0.592. The molecule has 1 saturated heterocycles. The van der Waals surface area contributed by atoms with E-state index in [0.29, 0.717) is 11.3 Å².